The van der Waals surface area contributed by atoms with E-state index in [9.17, 15) is 4.79 Å². The lowest BCUT2D eigenvalue weighted by Gasteiger charge is -2.31. The van der Waals surface area contributed by atoms with Gasteiger partial charge in [-0.2, -0.15) is 0 Å². The summed E-state index contributed by atoms with van der Waals surface area (Å²) in [5, 5.41) is 1.94. The fourth-order valence-electron chi connectivity index (χ4n) is 2.25. The van der Waals surface area contributed by atoms with Crippen LogP contribution in [-0.2, 0) is 4.79 Å². The third kappa shape index (κ3) is 4.47. The highest BCUT2D eigenvalue weighted by molar-refractivity contribution is 5.91. The number of benzene rings is 1. The first-order valence-electron chi connectivity index (χ1n) is 7.26. The molecule has 0 spiro atoms. The van der Waals surface area contributed by atoms with Crippen LogP contribution in [0.15, 0.2) is 24.3 Å². The zero-order chi connectivity index (χ0) is 15.9. The van der Waals surface area contributed by atoms with Gasteiger partial charge in [-0.15, -0.1) is 0 Å². The van der Waals surface area contributed by atoms with Crippen LogP contribution >= 0.6 is 0 Å². The van der Waals surface area contributed by atoms with E-state index in [2.05, 4.69) is 17.4 Å². The number of hydrogen-bond donors (Lipinski definition) is 1. The molecule has 2 rings (SSSR count). The number of amides is 1. The number of piperazine rings is 1. The molecule has 0 atom stereocenters. The van der Waals surface area contributed by atoms with Gasteiger partial charge >= 0.3 is 0 Å². The molecule has 0 bridgehead atoms. The predicted octanol–water partition coefficient (Wildman–Crippen LogP) is 0.996. The average molecular weight is 305 g/mol. The van der Waals surface area contributed by atoms with Gasteiger partial charge in [0.2, 0.25) is 0 Å². The number of hydrazine groups is 1. The van der Waals surface area contributed by atoms with Crippen molar-refractivity contribution in [1.82, 2.24) is 15.3 Å². The molecule has 6 nitrogen and oxygen atoms in total. The Morgan fingerprint density at radius 1 is 1.18 bits per heavy atom. The Kier molecular flexibility index (Phi) is 5.80. The maximum atomic E-state index is 12.0. The van der Waals surface area contributed by atoms with E-state index in [1.54, 1.807) is 20.3 Å². The largest absolute Gasteiger partial charge is 0.497 e. The third-order valence-corrected chi connectivity index (χ3v) is 3.62. The highest BCUT2D eigenvalue weighted by atomic mass is 16.5. The van der Waals surface area contributed by atoms with Gasteiger partial charge in [0, 0.05) is 37.8 Å². The molecule has 1 aromatic rings. The van der Waals surface area contributed by atoms with Crippen LogP contribution in [-0.4, -0.2) is 63.3 Å². The summed E-state index contributed by atoms with van der Waals surface area (Å²) in [7, 11) is 5.28. The lowest BCUT2D eigenvalue weighted by Crippen LogP contribution is -2.52. The SMILES string of the molecule is COc1ccc(OC)c(/C=C/C(=O)NN2CCN(C)CC2)c1. The van der Waals surface area contributed by atoms with Gasteiger partial charge in [0.25, 0.3) is 5.91 Å². The zero-order valence-corrected chi connectivity index (χ0v) is 13.3. The molecule has 6 heteroatoms. The third-order valence-electron chi connectivity index (χ3n) is 3.62. The normalized spacial score (nSPS) is 16.7. The Bertz CT molecular complexity index is 537. The van der Waals surface area contributed by atoms with E-state index in [0.29, 0.717) is 5.75 Å². The summed E-state index contributed by atoms with van der Waals surface area (Å²) in [5.41, 5.74) is 3.69. The molecular weight excluding hydrogens is 282 g/mol. The summed E-state index contributed by atoms with van der Waals surface area (Å²) in [5.74, 6) is 1.28. The van der Waals surface area contributed by atoms with Gasteiger partial charge in [-0.25, -0.2) is 5.01 Å². The van der Waals surface area contributed by atoms with E-state index in [0.717, 1.165) is 37.5 Å². The van der Waals surface area contributed by atoms with E-state index in [-0.39, 0.29) is 5.91 Å². The lowest BCUT2D eigenvalue weighted by molar-refractivity contribution is -0.121. The molecule has 120 valence electrons. The minimum absolute atomic E-state index is 0.144. The molecule has 0 saturated carbocycles. The first-order chi connectivity index (χ1) is 10.6. The van der Waals surface area contributed by atoms with Gasteiger partial charge in [-0.3, -0.25) is 10.2 Å². The van der Waals surface area contributed by atoms with Crippen LogP contribution < -0.4 is 14.9 Å². The molecule has 1 heterocycles. The monoisotopic (exact) mass is 305 g/mol. The number of likely N-dealkylation sites (N-methyl/N-ethyl adjacent to an activating group) is 1. The van der Waals surface area contributed by atoms with Gasteiger partial charge in [-0.1, -0.05) is 0 Å². The Morgan fingerprint density at radius 3 is 2.55 bits per heavy atom. The molecule has 1 N–H and O–H groups in total. The Balaban J connectivity index is 1.97. The van der Waals surface area contributed by atoms with Crippen molar-refractivity contribution in [2.45, 2.75) is 0 Å². The first-order valence-corrected chi connectivity index (χ1v) is 7.26. The van der Waals surface area contributed by atoms with Gasteiger partial charge in [0.05, 0.1) is 14.2 Å². The fraction of sp³-hybridized carbons (Fsp3) is 0.438. The fourth-order valence-corrected chi connectivity index (χ4v) is 2.25. The number of ether oxygens (including phenoxy) is 2. The summed E-state index contributed by atoms with van der Waals surface area (Å²) in [6, 6.07) is 5.47. The second kappa shape index (κ2) is 7.82. The van der Waals surface area contributed by atoms with Crippen molar-refractivity contribution in [2.24, 2.45) is 0 Å². The number of nitrogens with one attached hydrogen (secondary N) is 1. The summed E-state index contributed by atoms with van der Waals surface area (Å²) in [4.78, 5) is 14.2. The van der Waals surface area contributed by atoms with E-state index in [4.69, 9.17) is 9.47 Å². The van der Waals surface area contributed by atoms with Crippen molar-refractivity contribution in [1.29, 1.82) is 0 Å². The van der Waals surface area contributed by atoms with Crippen molar-refractivity contribution in [3.8, 4) is 11.5 Å². The number of hydrogen-bond acceptors (Lipinski definition) is 5. The molecule has 0 aromatic heterocycles. The van der Waals surface area contributed by atoms with Crippen molar-refractivity contribution in [2.75, 3.05) is 47.4 Å². The molecule has 0 unspecified atom stereocenters. The van der Waals surface area contributed by atoms with Gasteiger partial charge in [0.1, 0.15) is 11.5 Å². The maximum Gasteiger partial charge on any atom is 0.258 e. The molecule has 1 amide bonds. The Hall–Kier alpha value is -2.05. The first kappa shape index (κ1) is 16.3. The summed E-state index contributed by atoms with van der Waals surface area (Å²) in [6.45, 7) is 3.57. The second-order valence-electron chi connectivity index (χ2n) is 5.21. The summed E-state index contributed by atoms with van der Waals surface area (Å²) >= 11 is 0. The van der Waals surface area contributed by atoms with Crippen LogP contribution in [0.5, 0.6) is 11.5 Å². The van der Waals surface area contributed by atoms with Crippen LogP contribution in [0, 0.1) is 0 Å². The zero-order valence-electron chi connectivity index (χ0n) is 13.3. The van der Waals surface area contributed by atoms with Gasteiger partial charge < -0.3 is 14.4 Å². The number of methoxy groups -OCH3 is 2. The van der Waals surface area contributed by atoms with E-state index in [1.807, 2.05) is 23.2 Å². The number of rotatable bonds is 5. The molecule has 1 saturated heterocycles. The molecule has 1 fully saturated rings. The second-order valence-corrected chi connectivity index (χ2v) is 5.21. The summed E-state index contributed by atoms with van der Waals surface area (Å²) < 4.78 is 10.5. The van der Waals surface area contributed by atoms with E-state index >= 15 is 0 Å². The molecule has 0 aliphatic carbocycles. The van der Waals surface area contributed by atoms with Crippen LogP contribution in [0.4, 0.5) is 0 Å². The standard InChI is InChI=1S/C16H23N3O3/c1-18-8-10-19(11-9-18)17-16(20)7-4-13-12-14(21-2)5-6-15(13)22-3/h4-7,12H,8-11H2,1-3H3,(H,17,20)/b7-4+. The van der Waals surface area contributed by atoms with Crippen LogP contribution in [0.2, 0.25) is 0 Å². The van der Waals surface area contributed by atoms with Gasteiger partial charge in [0.15, 0.2) is 0 Å². The minimum Gasteiger partial charge on any atom is -0.497 e. The highest BCUT2D eigenvalue weighted by Crippen LogP contribution is 2.24. The molecule has 0 radical (unpaired) electrons. The van der Waals surface area contributed by atoms with Crippen LogP contribution in [0.25, 0.3) is 6.08 Å². The van der Waals surface area contributed by atoms with Gasteiger partial charge in [-0.05, 0) is 31.3 Å². The molecule has 22 heavy (non-hydrogen) atoms. The van der Waals surface area contributed by atoms with Crippen LogP contribution in [0.3, 0.4) is 0 Å². The molecule has 1 aliphatic heterocycles. The van der Waals surface area contributed by atoms with Crippen LogP contribution in [0.1, 0.15) is 5.56 Å². The lowest BCUT2D eigenvalue weighted by atomic mass is 10.1. The predicted molar refractivity (Wildman–Crippen MR) is 85.8 cm³/mol. The average Bonchev–Trinajstić information content (AvgIpc) is 2.54. The highest BCUT2D eigenvalue weighted by Gasteiger charge is 2.14. The molecular formula is C16H23N3O3. The molecule has 1 aromatic carbocycles. The number of nitrogens with zero attached hydrogens (tertiary/aromatic N) is 2. The minimum atomic E-state index is -0.144. The number of carbonyl (C=O) groups excluding carboxylic acids is 1. The number of carbonyl (C=O) groups is 1. The smallest absolute Gasteiger partial charge is 0.258 e. The van der Waals surface area contributed by atoms with Crippen molar-refractivity contribution >= 4 is 12.0 Å². The van der Waals surface area contributed by atoms with Crippen molar-refractivity contribution < 1.29 is 14.3 Å². The topological polar surface area (TPSA) is 54.0 Å². The summed E-state index contributed by atoms with van der Waals surface area (Å²) in [6.07, 6.45) is 3.24. The Labute approximate surface area is 131 Å². The molecule has 1 aliphatic rings. The van der Waals surface area contributed by atoms with Crippen molar-refractivity contribution in [3.05, 3.63) is 29.8 Å². The quantitative estimate of drug-likeness (QED) is 0.823. The van der Waals surface area contributed by atoms with Crippen molar-refractivity contribution in [3.63, 3.8) is 0 Å². The Morgan fingerprint density at radius 2 is 1.91 bits per heavy atom. The van der Waals surface area contributed by atoms with E-state index in [1.165, 1.54) is 6.08 Å². The van der Waals surface area contributed by atoms with E-state index < -0.39 is 0 Å². The maximum absolute atomic E-state index is 12.0.